The Morgan fingerprint density at radius 2 is 1.83 bits per heavy atom. The van der Waals surface area contributed by atoms with Crippen LogP contribution < -0.4 is 5.73 Å². The minimum Gasteiger partial charge on any atom is -0.394 e. The van der Waals surface area contributed by atoms with E-state index >= 15 is 0 Å². The van der Waals surface area contributed by atoms with Gasteiger partial charge in [-0.2, -0.15) is 0 Å². The molecular weight excluding hydrogens is 222 g/mol. The lowest BCUT2D eigenvalue weighted by Gasteiger charge is -2.23. The van der Waals surface area contributed by atoms with Gasteiger partial charge in [0, 0.05) is 0 Å². The first kappa shape index (κ1) is 12.8. The first-order valence-corrected chi connectivity index (χ1v) is 6.11. The Kier molecular flexibility index (Phi) is 3.50. The maximum atomic E-state index is 9.34. The van der Waals surface area contributed by atoms with E-state index in [1.807, 2.05) is 31.2 Å². The molecule has 0 saturated heterocycles. The standard InChI is InChI=1S/C16H19NO/c1-12-6-3-4-9-15(12)13-7-5-8-14(10-13)16(2,17)11-18/h3-10,18H,11,17H2,1-2H3. The van der Waals surface area contributed by atoms with Gasteiger partial charge in [-0.25, -0.2) is 0 Å². The molecule has 0 spiro atoms. The minimum absolute atomic E-state index is 0.0653. The van der Waals surface area contributed by atoms with E-state index in [4.69, 9.17) is 5.73 Å². The normalized spacial score (nSPS) is 14.2. The molecule has 0 aliphatic carbocycles. The van der Waals surface area contributed by atoms with Gasteiger partial charge in [-0.05, 0) is 42.2 Å². The molecule has 0 heterocycles. The molecule has 3 N–H and O–H groups in total. The van der Waals surface area contributed by atoms with Gasteiger partial charge in [0.25, 0.3) is 0 Å². The maximum absolute atomic E-state index is 9.34. The summed E-state index contributed by atoms with van der Waals surface area (Å²) in [5.41, 5.74) is 9.90. The van der Waals surface area contributed by atoms with Crippen LogP contribution in [0, 0.1) is 6.92 Å². The molecule has 0 radical (unpaired) electrons. The summed E-state index contributed by atoms with van der Waals surface area (Å²) < 4.78 is 0. The Morgan fingerprint density at radius 3 is 2.50 bits per heavy atom. The molecule has 0 saturated carbocycles. The third-order valence-electron chi connectivity index (χ3n) is 3.31. The number of rotatable bonds is 3. The zero-order chi connectivity index (χ0) is 13.2. The van der Waals surface area contributed by atoms with Gasteiger partial charge in [0.05, 0.1) is 12.1 Å². The van der Waals surface area contributed by atoms with E-state index in [0.29, 0.717) is 0 Å². The summed E-state index contributed by atoms with van der Waals surface area (Å²) in [5, 5.41) is 9.34. The molecule has 0 bridgehead atoms. The summed E-state index contributed by atoms with van der Waals surface area (Å²) in [4.78, 5) is 0. The summed E-state index contributed by atoms with van der Waals surface area (Å²) in [6.07, 6.45) is 0. The van der Waals surface area contributed by atoms with Crippen LogP contribution in [0.2, 0.25) is 0 Å². The summed E-state index contributed by atoms with van der Waals surface area (Å²) in [6.45, 7) is 3.86. The van der Waals surface area contributed by atoms with E-state index in [-0.39, 0.29) is 6.61 Å². The van der Waals surface area contributed by atoms with Crippen molar-refractivity contribution in [3.63, 3.8) is 0 Å². The number of aryl methyl sites for hydroxylation is 1. The summed E-state index contributed by atoms with van der Waals surface area (Å²) in [7, 11) is 0. The molecule has 2 nitrogen and oxygen atoms in total. The van der Waals surface area contributed by atoms with Gasteiger partial charge in [-0.15, -0.1) is 0 Å². The highest BCUT2D eigenvalue weighted by Gasteiger charge is 2.20. The quantitative estimate of drug-likeness (QED) is 0.868. The molecule has 2 heteroatoms. The first-order valence-electron chi connectivity index (χ1n) is 6.11. The SMILES string of the molecule is Cc1ccccc1-c1cccc(C(C)(N)CO)c1. The molecule has 0 aromatic heterocycles. The van der Waals surface area contributed by atoms with Gasteiger partial charge in [0.15, 0.2) is 0 Å². The largest absolute Gasteiger partial charge is 0.394 e. The predicted molar refractivity (Wildman–Crippen MR) is 75.2 cm³/mol. The van der Waals surface area contributed by atoms with Crippen LogP contribution in [0.4, 0.5) is 0 Å². The van der Waals surface area contributed by atoms with Crippen molar-refractivity contribution in [1.29, 1.82) is 0 Å². The minimum atomic E-state index is -0.696. The molecule has 2 aromatic carbocycles. The molecule has 94 valence electrons. The average molecular weight is 241 g/mol. The van der Waals surface area contributed by atoms with E-state index in [9.17, 15) is 5.11 Å². The molecule has 0 aliphatic heterocycles. The smallest absolute Gasteiger partial charge is 0.0650 e. The lowest BCUT2D eigenvalue weighted by Crippen LogP contribution is -2.36. The van der Waals surface area contributed by atoms with Crippen LogP contribution in [0.5, 0.6) is 0 Å². The van der Waals surface area contributed by atoms with Crippen LogP contribution in [0.3, 0.4) is 0 Å². The highest BCUT2D eigenvalue weighted by atomic mass is 16.3. The molecule has 0 amide bonds. The van der Waals surface area contributed by atoms with Crippen molar-refractivity contribution in [2.45, 2.75) is 19.4 Å². The van der Waals surface area contributed by atoms with Crippen molar-refractivity contribution >= 4 is 0 Å². The molecule has 1 unspecified atom stereocenters. The number of nitrogens with two attached hydrogens (primary N) is 1. The van der Waals surface area contributed by atoms with Crippen LogP contribution in [-0.2, 0) is 5.54 Å². The van der Waals surface area contributed by atoms with E-state index in [0.717, 1.165) is 11.1 Å². The van der Waals surface area contributed by atoms with Gasteiger partial charge in [-0.1, -0.05) is 42.5 Å². The molecule has 2 rings (SSSR count). The molecular formula is C16H19NO. The lowest BCUT2D eigenvalue weighted by atomic mass is 9.90. The monoisotopic (exact) mass is 241 g/mol. The van der Waals surface area contributed by atoms with Gasteiger partial charge in [-0.3, -0.25) is 0 Å². The van der Waals surface area contributed by atoms with Crippen LogP contribution in [0.1, 0.15) is 18.1 Å². The fourth-order valence-electron chi connectivity index (χ4n) is 2.03. The maximum Gasteiger partial charge on any atom is 0.0650 e. The predicted octanol–water partition coefficient (Wildman–Crippen LogP) is 2.83. The van der Waals surface area contributed by atoms with Gasteiger partial charge < -0.3 is 10.8 Å². The number of hydrogen-bond acceptors (Lipinski definition) is 2. The molecule has 1 atom stereocenters. The zero-order valence-electron chi connectivity index (χ0n) is 10.9. The van der Waals surface area contributed by atoms with E-state index in [1.165, 1.54) is 11.1 Å². The second-order valence-electron chi connectivity index (χ2n) is 4.97. The van der Waals surface area contributed by atoms with Gasteiger partial charge >= 0.3 is 0 Å². The van der Waals surface area contributed by atoms with Crippen molar-refractivity contribution < 1.29 is 5.11 Å². The lowest BCUT2D eigenvalue weighted by molar-refractivity contribution is 0.210. The van der Waals surface area contributed by atoms with Crippen LogP contribution in [-0.4, -0.2) is 11.7 Å². The molecule has 0 fully saturated rings. The Bertz CT molecular complexity index is 546. The fraction of sp³-hybridized carbons (Fsp3) is 0.250. The van der Waals surface area contributed by atoms with Crippen molar-refractivity contribution in [3.05, 3.63) is 59.7 Å². The topological polar surface area (TPSA) is 46.2 Å². The second kappa shape index (κ2) is 4.92. The summed E-state index contributed by atoms with van der Waals surface area (Å²) >= 11 is 0. The Morgan fingerprint density at radius 1 is 1.11 bits per heavy atom. The number of benzene rings is 2. The summed E-state index contributed by atoms with van der Waals surface area (Å²) in [5.74, 6) is 0. The van der Waals surface area contributed by atoms with Crippen LogP contribution in [0.25, 0.3) is 11.1 Å². The number of hydrogen-bond donors (Lipinski definition) is 2. The third-order valence-corrected chi connectivity index (χ3v) is 3.31. The Labute approximate surface area is 108 Å². The average Bonchev–Trinajstić information content (AvgIpc) is 2.39. The van der Waals surface area contributed by atoms with Gasteiger partial charge in [0.1, 0.15) is 0 Å². The number of aliphatic hydroxyl groups excluding tert-OH is 1. The molecule has 0 aliphatic rings. The first-order chi connectivity index (χ1) is 8.54. The third kappa shape index (κ3) is 2.45. The van der Waals surface area contributed by atoms with Crippen molar-refractivity contribution in [2.24, 2.45) is 5.73 Å². The molecule has 2 aromatic rings. The van der Waals surface area contributed by atoms with E-state index in [2.05, 4.69) is 31.2 Å². The zero-order valence-corrected chi connectivity index (χ0v) is 10.9. The Balaban J connectivity index is 2.49. The van der Waals surface area contributed by atoms with E-state index in [1.54, 1.807) is 0 Å². The van der Waals surface area contributed by atoms with Crippen LogP contribution >= 0.6 is 0 Å². The van der Waals surface area contributed by atoms with Crippen molar-refractivity contribution in [2.75, 3.05) is 6.61 Å². The second-order valence-corrected chi connectivity index (χ2v) is 4.97. The highest BCUT2D eigenvalue weighted by Crippen LogP contribution is 2.27. The highest BCUT2D eigenvalue weighted by molar-refractivity contribution is 5.67. The van der Waals surface area contributed by atoms with Crippen LogP contribution in [0.15, 0.2) is 48.5 Å². The van der Waals surface area contributed by atoms with Crippen molar-refractivity contribution in [3.8, 4) is 11.1 Å². The van der Waals surface area contributed by atoms with Gasteiger partial charge in [0.2, 0.25) is 0 Å². The Hall–Kier alpha value is -1.64. The fourth-order valence-corrected chi connectivity index (χ4v) is 2.03. The number of aliphatic hydroxyl groups is 1. The molecule has 18 heavy (non-hydrogen) atoms. The van der Waals surface area contributed by atoms with Crippen molar-refractivity contribution in [1.82, 2.24) is 0 Å². The summed E-state index contributed by atoms with van der Waals surface area (Å²) in [6, 6.07) is 16.3. The van der Waals surface area contributed by atoms with E-state index < -0.39 is 5.54 Å².